The van der Waals surface area contributed by atoms with Gasteiger partial charge in [0, 0.05) is 22.8 Å². The van der Waals surface area contributed by atoms with Crippen molar-refractivity contribution < 1.29 is 0 Å². The van der Waals surface area contributed by atoms with Crippen LogP contribution in [0.1, 0.15) is 37.1 Å². The molecule has 0 saturated carbocycles. The lowest BCUT2D eigenvalue weighted by Gasteiger charge is -2.20. The van der Waals surface area contributed by atoms with Crippen molar-refractivity contribution in [3.63, 3.8) is 0 Å². The summed E-state index contributed by atoms with van der Waals surface area (Å²) >= 11 is 1.65. The first kappa shape index (κ1) is 15.2. The van der Waals surface area contributed by atoms with E-state index in [1.807, 2.05) is 11.4 Å². The van der Waals surface area contributed by atoms with Crippen molar-refractivity contribution >= 4 is 11.3 Å². The SMILES string of the molecule is CC(C)N(C)CCCCNCc1cc(C#N)cs1. The van der Waals surface area contributed by atoms with Gasteiger partial charge in [-0.3, -0.25) is 0 Å². The predicted octanol–water partition coefficient (Wildman–Crippen LogP) is 2.83. The molecule has 0 aliphatic heterocycles. The van der Waals surface area contributed by atoms with Crippen LogP contribution in [0.25, 0.3) is 0 Å². The topological polar surface area (TPSA) is 39.1 Å². The fourth-order valence-electron chi connectivity index (χ4n) is 1.61. The van der Waals surface area contributed by atoms with Crippen molar-refractivity contribution in [2.45, 2.75) is 39.3 Å². The summed E-state index contributed by atoms with van der Waals surface area (Å²) in [5.41, 5.74) is 0.773. The fourth-order valence-corrected chi connectivity index (χ4v) is 2.39. The third kappa shape index (κ3) is 5.63. The van der Waals surface area contributed by atoms with E-state index in [1.54, 1.807) is 11.3 Å². The molecular formula is C14H23N3S. The van der Waals surface area contributed by atoms with Crippen LogP contribution in [0.15, 0.2) is 11.4 Å². The van der Waals surface area contributed by atoms with E-state index in [1.165, 1.54) is 17.7 Å². The molecule has 0 aliphatic carbocycles. The van der Waals surface area contributed by atoms with Crippen LogP contribution in [-0.2, 0) is 6.54 Å². The lowest BCUT2D eigenvalue weighted by molar-refractivity contribution is 0.268. The van der Waals surface area contributed by atoms with Gasteiger partial charge >= 0.3 is 0 Å². The summed E-state index contributed by atoms with van der Waals surface area (Å²) < 4.78 is 0. The molecule has 0 spiro atoms. The summed E-state index contributed by atoms with van der Waals surface area (Å²) in [6, 6.07) is 4.75. The van der Waals surface area contributed by atoms with Gasteiger partial charge in [0.25, 0.3) is 0 Å². The van der Waals surface area contributed by atoms with Crippen LogP contribution in [0.2, 0.25) is 0 Å². The summed E-state index contributed by atoms with van der Waals surface area (Å²) in [6.45, 7) is 7.54. The molecule has 100 valence electrons. The van der Waals surface area contributed by atoms with Gasteiger partial charge in [-0.15, -0.1) is 11.3 Å². The summed E-state index contributed by atoms with van der Waals surface area (Å²) in [5, 5.41) is 14.1. The molecule has 0 atom stereocenters. The largest absolute Gasteiger partial charge is 0.312 e. The van der Waals surface area contributed by atoms with Gasteiger partial charge in [-0.05, 0) is 52.9 Å². The monoisotopic (exact) mass is 265 g/mol. The molecule has 1 heterocycles. The number of nitrogens with one attached hydrogen (secondary N) is 1. The Morgan fingerprint density at radius 2 is 2.22 bits per heavy atom. The number of hydrogen-bond donors (Lipinski definition) is 1. The van der Waals surface area contributed by atoms with Crippen LogP contribution < -0.4 is 5.32 Å². The molecule has 0 aliphatic rings. The summed E-state index contributed by atoms with van der Waals surface area (Å²) in [5.74, 6) is 0. The third-order valence-corrected chi connectivity index (χ3v) is 4.01. The van der Waals surface area contributed by atoms with E-state index in [0.29, 0.717) is 6.04 Å². The maximum absolute atomic E-state index is 8.72. The Morgan fingerprint density at radius 3 is 2.83 bits per heavy atom. The molecular weight excluding hydrogens is 242 g/mol. The second-order valence-electron chi connectivity index (χ2n) is 4.87. The summed E-state index contributed by atoms with van der Waals surface area (Å²) in [7, 11) is 2.17. The zero-order valence-corrected chi connectivity index (χ0v) is 12.4. The van der Waals surface area contributed by atoms with Gasteiger partial charge < -0.3 is 10.2 Å². The average molecular weight is 265 g/mol. The summed E-state index contributed by atoms with van der Waals surface area (Å²) in [6.07, 6.45) is 2.43. The number of thiophene rings is 1. The zero-order valence-electron chi connectivity index (χ0n) is 11.6. The van der Waals surface area contributed by atoms with Gasteiger partial charge in [0.1, 0.15) is 6.07 Å². The zero-order chi connectivity index (χ0) is 13.4. The molecule has 1 N–H and O–H groups in total. The smallest absolute Gasteiger partial charge is 0.100 e. The van der Waals surface area contributed by atoms with E-state index < -0.39 is 0 Å². The predicted molar refractivity (Wildman–Crippen MR) is 77.7 cm³/mol. The second kappa shape index (κ2) is 8.25. The first-order valence-corrected chi connectivity index (χ1v) is 7.40. The molecule has 1 aromatic heterocycles. The minimum absolute atomic E-state index is 0.633. The molecule has 4 heteroatoms. The number of unbranched alkanes of at least 4 members (excludes halogenated alkanes) is 1. The average Bonchev–Trinajstić information content (AvgIpc) is 2.81. The fraction of sp³-hybridized carbons (Fsp3) is 0.643. The summed E-state index contributed by atoms with van der Waals surface area (Å²) in [4.78, 5) is 3.62. The van der Waals surface area contributed by atoms with E-state index in [4.69, 9.17) is 5.26 Å². The molecule has 0 saturated heterocycles. The van der Waals surface area contributed by atoms with Crippen LogP contribution in [0.4, 0.5) is 0 Å². The van der Waals surface area contributed by atoms with Gasteiger partial charge in [0.05, 0.1) is 5.56 Å². The van der Waals surface area contributed by atoms with Crippen molar-refractivity contribution in [3.05, 3.63) is 21.9 Å². The molecule has 0 fully saturated rings. The highest BCUT2D eigenvalue weighted by Gasteiger charge is 2.02. The molecule has 18 heavy (non-hydrogen) atoms. The first-order chi connectivity index (χ1) is 8.63. The van der Waals surface area contributed by atoms with Gasteiger partial charge in [-0.25, -0.2) is 0 Å². The maximum atomic E-state index is 8.72. The van der Waals surface area contributed by atoms with Crippen LogP contribution >= 0.6 is 11.3 Å². The van der Waals surface area contributed by atoms with E-state index in [-0.39, 0.29) is 0 Å². The van der Waals surface area contributed by atoms with Crippen molar-refractivity contribution in [2.24, 2.45) is 0 Å². The Kier molecular flexibility index (Phi) is 6.96. The van der Waals surface area contributed by atoms with Gasteiger partial charge in [0.15, 0.2) is 0 Å². The third-order valence-electron chi connectivity index (χ3n) is 3.08. The highest BCUT2D eigenvalue weighted by molar-refractivity contribution is 7.10. The standard InChI is InChI=1S/C14H23N3S/c1-12(2)17(3)7-5-4-6-16-10-14-8-13(9-15)11-18-14/h8,11-12,16H,4-7,10H2,1-3H3. The molecule has 3 nitrogen and oxygen atoms in total. The molecule has 0 amide bonds. The van der Waals surface area contributed by atoms with Gasteiger partial charge in [-0.2, -0.15) is 5.26 Å². The van der Waals surface area contributed by atoms with Crippen LogP contribution in [0.3, 0.4) is 0 Å². The molecule has 0 unspecified atom stereocenters. The van der Waals surface area contributed by atoms with Crippen LogP contribution in [0.5, 0.6) is 0 Å². The minimum Gasteiger partial charge on any atom is -0.312 e. The highest BCUT2D eigenvalue weighted by atomic mass is 32.1. The Labute approximate surface area is 114 Å². The molecule has 0 radical (unpaired) electrons. The van der Waals surface area contributed by atoms with E-state index in [2.05, 4.69) is 37.2 Å². The quantitative estimate of drug-likeness (QED) is 0.735. The van der Waals surface area contributed by atoms with Gasteiger partial charge in [0.2, 0.25) is 0 Å². The van der Waals surface area contributed by atoms with Crippen LogP contribution in [-0.4, -0.2) is 31.1 Å². The molecule has 1 aromatic rings. The van der Waals surface area contributed by atoms with Crippen LogP contribution in [0, 0.1) is 11.3 Å². The number of hydrogen-bond acceptors (Lipinski definition) is 4. The number of rotatable bonds is 8. The number of nitriles is 1. The molecule has 1 rings (SSSR count). The Morgan fingerprint density at radius 1 is 1.44 bits per heavy atom. The first-order valence-electron chi connectivity index (χ1n) is 6.52. The molecule has 0 aromatic carbocycles. The Bertz CT molecular complexity index is 379. The minimum atomic E-state index is 0.633. The molecule has 0 bridgehead atoms. The normalized spacial score (nSPS) is 11.1. The van der Waals surface area contributed by atoms with Crippen molar-refractivity contribution in [3.8, 4) is 6.07 Å². The Balaban J connectivity index is 2.04. The maximum Gasteiger partial charge on any atom is 0.100 e. The number of nitrogens with zero attached hydrogens (tertiary/aromatic N) is 2. The Hall–Kier alpha value is -0.890. The van der Waals surface area contributed by atoms with Gasteiger partial charge in [-0.1, -0.05) is 0 Å². The van der Waals surface area contributed by atoms with E-state index in [0.717, 1.165) is 25.2 Å². The second-order valence-corrected chi connectivity index (χ2v) is 5.87. The van der Waals surface area contributed by atoms with Crippen molar-refractivity contribution in [1.82, 2.24) is 10.2 Å². The van der Waals surface area contributed by atoms with Crippen molar-refractivity contribution in [1.29, 1.82) is 5.26 Å². The highest BCUT2D eigenvalue weighted by Crippen LogP contribution is 2.13. The lowest BCUT2D eigenvalue weighted by atomic mass is 10.2. The lowest BCUT2D eigenvalue weighted by Crippen LogP contribution is -2.27. The van der Waals surface area contributed by atoms with E-state index >= 15 is 0 Å². The van der Waals surface area contributed by atoms with Crippen molar-refractivity contribution in [2.75, 3.05) is 20.1 Å². The van der Waals surface area contributed by atoms with E-state index in [9.17, 15) is 0 Å².